The van der Waals surface area contributed by atoms with E-state index in [0.29, 0.717) is 0 Å². The maximum Gasteiger partial charge on any atom is 0.323 e. The normalized spacial score (nSPS) is 20.9. The van der Waals surface area contributed by atoms with Gasteiger partial charge in [-0.25, -0.2) is 0 Å². The molecule has 1 fully saturated rings. The van der Waals surface area contributed by atoms with Gasteiger partial charge in [0.2, 0.25) is 0 Å². The summed E-state index contributed by atoms with van der Waals surface area (Å²) in [4.78, 5) is 11.6. The predicted octanol–water partition coefficient (Wildman–Crippen LogP) is 1.85. The fraction of sp³-hybridized carbons (Fsp3) is 0.909. The van der Waals surface area contributed by atoms with Crippen molar-refractivity contribution < 1.29 is 9.53 Å². The van der Waals surface area contributed by atoms with E-state index in [1.165, 1.54) is 12.8 Å². The molecule has 0 spiro atoms. The molecule has 0 aliphatic heterocycles. The van der Waals surface area contributed by atoms with Crippen LogP contribution in [0.4, 0.5) is 0 Å². The van der Waals surface area contributed by atoms with Crippen LogP contribution < -0.4 is 5.73 Å². The fourth-order valence-corrected chi connectivity index (χ4v) is 1.60. The van der Waals surface area contributed by atoms with Crippen molar-refractivity contribution >= 4 is 5.97 Å². The lowest BCUT2D eigenvalue weighted by Gasteiger charge is -2.26. The van der Waals surface area contributed by atoms with Gasteiger partial charge in [0.1, 0.15) is 12.1 Å². The maximum absolute atomic E-state index is 11.6. The minimum Gasteiger partial charge on any atom is -0.461 e. The maximum atomic E-state index is 11.6. The second kappa shape index (κ2) is 4.30. The number of rotatable bonds is 2. The number of nitrogens with two attached hydrogens (primary N) is 1. The van der Waals surface area contributed by atoms with Crippen LogP contribution in [0.5, 0.6) is 0 Å². The summed E-state index contributed by atoms with van der Waals surface area (Å²) in [5.41, 5.74) is 5.59. The Morgan fingerprint density at radius 2 is 1.86 bits per heavy atom. The Hall–Kier alpha value is -0.570. The smallest absolute Gasteiger partial charge is 0.323 e. The Morgan fingerprint density at radius 1 is 1.36 bits per heavy atom. The Labute approximate surface area is 86.0 Å². The molecule has 0 aromatic heterocycles. The van der Waals surface area contributed by atoms with Crippen molar-refractivity contribution in [3.05, 3.63) is 0 Å². The topological polar surface area (TPSA) is 52.3 Å². The summed E-state index contributed by atoms with van der Waals surface area (Å²) < 4.78 is 5.34. The minimum absolute atomic E-state index is 0.121. The third-order valence-electron chi connectivity index (χ3n) is 2.77. The van der Waals surface area contributed by atoms with Crippen LogP contribution in [-0.4, -0.2) is 18.1 Å². The number of hydrogen-bond acceptors (Lipinski definition) is 3. The lowest BCUT2D eigenvalue weighted by Crippen LogP contribution is -2.44. The molecule has 0 aromatic rings. The minimum atomic E-state index is -0.511. The monoisotopic (exact) mass is 199 g/mol. The standard InChI is InChI=1S/C11H21NO2/c1-11(2,3)9(12)10(13)14-8-6-4-5-7-8/h8-9H,4-7,12H2,1-3H3/t9-/m1/s1. The van der Waals surface area contributed by atoms with Gasteiger partial charge in [-0.2, -0.15) is 0 Å². The first kappa shape index (κ1) is 11.5. The van der Waals surface area contributed by atoms with Gasteiger partial charge in [-0.15, -0.1) is 0 Å². The number of hydrogen-bond donors (Lipinski definition) is 1. The second-order valence-corrected chi connectivity index (χ2v) is 5.19. The first-order valence-corrected chi connectivity index (χ1v) is 5.37. The van der Waals surface area contributed by atoms with Crippen LogP contribution in [-0.2, 0) is 9.53 Å². The van der Waals surface area contributed by atoms with Gasteiger partial charge in [-0.1, -0.05) is 20.8 Å². The molecule has 0 bridgehead atoms. The van der Waals surface area contributed by atoms with E-state index in [-0.39, 0.29) is 17.5 Å². The highest BCUT2D eigenvalue weighted by atomic mass is 16.5. The van der Waals surface area contributed by atoms with Gasteiger partial charge in [-0.3, -0.25) is 4.79 Å². The molecular weight excluding hydrogens is 178 g/mol. The third-order valence-corrected chi connectivity index (χ3v) is 2.77. The van der Waals surface area contributed by atoms with Crippen molar-refractivity contribution in [2.75, 3.05) is 0 Å². The first-order chi connectivity index (χ1) is 6.41. The summed E-state index contributed by atoms with van der Waals surface area (Å²) in [5, 5.41) is 0. The highest BCUT2D eigenvalue weighted by Crippen LogP contribution is 2.24. The Morgan fingerprint density at radius 3 is 2.29 bits per heavy atom. The van der Waals surface area contributed by atoms with Crippen molar-refractivity contribution in [1.82, 2.24) is 0 Å². The molecule has 1 atom stereocenters. The molecule has 3 heteroatoms. The van der Waals surface area contributed by atoms with E-state index < -0.39 is 6.04 Å². The van der Waals surface area contributed by atoms with Crippen LogP contribution in [0.15, 0.2) is 0 Å². The van der Waals surface area contributed by atoms with Gasteiger partial charge in [0, 0.05) is 0 Å². The van der Waals surface area contributed by atoms with Crippen molar-refractivity contribution in [3.8, 4) is 0 Å². The number of carbonyl (C=O) groups is 1. The average molecular weight is 199 g/mol. The molecule has 0 aromatic carbocycles. The average Bonchev–Trinajstić information content (AvgIpc) is 2.53. The molecule has 2 N–H and O–H groups in total. The molecule has 0 saturated heterocycles. The van der Waals surface area contributed by atoms with Crippen molar-refractivity contribution in [1.29, 1.82) is 0 Å². The fourth-order valence-electron chi connectivity index (χ4n) is 1.60. The van der Waals surface area contributed by atoms with Crippen LogP contribution in [0, 0.1) is 5.41 Å². The number of carbonyl (C=O) groups excluding carboxylic acids is 1. The zero-order valence-electron chi connectivity index (χ0n) is 9.38. The summed E-state index contributed by atoms with van der Waals surface area (Å²) in [5.74, 6) is -0.246. The molecule has 3 nitrogen and oxygen atoms in total. The number of ether oxygens (including phenoxy) is 1. The van der Waals surface area contributed by atoms with Gasteiger partial charge in [0.05, 0.1) is 0 Å². The molecule has 1 aliphatic rings. The molecule has 14 heavy (non-hydrogen) atoms. The van der Waals surface area contributed by atoms with Crippen LogP contribution >= 0.6 is 0 Å². The van der Waals surface area contributed by atoms with Gasteiger partial charge < -0.3 is 10.5 Å². The van der Waals surface area contributed by atoms with Gasteiger partial charge in [-0.05, 0) is 31.1 Å². The summed E-state index contributed by atoms with van der Waals surface area (Å²) in [6, 6.07) is -0.511. The Balaban J connectivity index is 2.41. The predicted molar refractivity (Wildman–Crippen MR) is 55.8 cm³/mol. The highest BCUT2D eigenvalue weighted by molar-refractivity contribution is 5.76. The van der Waals surface area contributed by atoms with Gasteiger partial charge >= 0.3 is 5.97 Å². The van der Waals surface area contributed by atoms with E-state index in [1.54, 1.807) is 0 Å². The quantitative estimate of drug-likeness (QED) is 0.690. The largest absolute Gasteiger partial charge is 0.461 e. The van der Waals surface area contributed by atoms with Crippen LogP contribution in [0.2, 0.25) is 0 Å². The first-order valence-electron chi connectivity index (χ1n) is 5.37. The summed E-state index contributed by atoms with van der Waals surface area (Å²) >= 11 is 0. The molecule has 0 unspecified atom stereocenters. The van der Waals surface area contributed by atoms with Crippen LogP contribution in [0.25, 0.3) is 0 Å². The van der Waals surface area contributed by atoms with Gasteiger partial charge in [0.15, 0.2) is 0 Å². The number of esters is 1. The molecule has 1 rings (SSSR count). The van der Waals surface area contributed by atoms with E-state index in [1.807, 2.05) is 20.8 Å². The molecular formula is C11H21NO2. The van der Waals surface area contributed by atoms with Crippen molar-refractivity contribution in [2.24, 2.45) is 11.1 Å². The molecule has 1 aliphatic carbocycles. The van der Waals surface area contributed by atoms with Crippen molar-refractivity contribution in [2.45, 2.75) is 58.6 Å². The summed E-state index contributed by atoms with van der Waals surface area (Å²) in [6.07, 6.45) is 4.47. The SMILES string of the molecule is CC(C)(C)[C@H](N)C(=O)OC1CCCC1. The van der Waals surface area contributed by atoms with E-state index in [0.717, 1.165) is 12.8 Å². The van der Waals surface area contributed by atoms with Crippen LogP contribution in [0.3, 0.4) is 0 Å². The Bertz CT molecular complexity index is 202. The molecule has 0 heterocycles. The zero-order chi connectivity index (χ0) is 10.8. The summed E-state index contributed by atoms with van der Waals surface area (Å²) in [6.45, 7) is 5.86. The van der Waals surface area contributed by atoms with Crippen molar-refractivity contribution in [3.63, 3.8) is 0 Å². The van der Waals surface area contributed by atoms with E-state index in [4.69, 9.17) is 10.5 Å². The molecule has 0 amide bonds. The van der Waals surface area contributed by atoms with Crippen LogP contribution in [0.1, 0.15) is 46.5 Å². The molecule has 82 valence electrons. The van der Waals surface area contributed by atoms with E-state index in [9.17, 15) is 4.79 Å². The lowest BCUT2D eigenvalue weighted by atomic mass is 9.87. The second-order valence-electron chi connectivity index (χ2n) is 5.19. The molecule has 1 saturated carbocycles. The lowest BCUT2D eigenvalue weighted by molar-refractivity contribution is -0.152. The van der Waals surface area contributed by atoms with Gasteiger partial charge in [0.25, 0.3) is 0 Å². The van der Waals surface area contributed by atoms with E-state index >= 15 is 0 Å². The third kappa shape index (κ3) is 2.98. The summed E-state index contributed by atoms with van der Waals surface area (Å²) in [7, 11) is 0. The molecule has 0 radical (unpaired) electrons. The highest BCUT2D eigenvalue weighted by Gasteiger charge is 2.31. The zero-order valence-corrected chi connectivity index (χ0v) is 9.38. The Kier molecular flexibility index (Phi) is 3.53. The van der Waals surface area contributed by atoms with E-state index in [2.05, 4.69) is 0 Å².